The van der Waals surface area contributed by atoms with Crippen LogP contribution in [0, 0.1) is 0 Å². The Kier molecular flexibility index (Phi) is 3.33. The number of aromatic carboxylic acids is 1. The molecule has 2 heterocycles. The molecular formula is C13H14N2O3S. The van der Waals surface area contributed by atoms with E-state index in [2.05, 4.69) is 10.3 Å². The SMILES string of the molecule is O=C(O)c1ccc2nc(NC3CCCSC3)oc2c1. The van der Waals surface area contributed by atoms with Crippen molar-refractivity contribution >= 4 is 34.8 Å². The molecule has 1 aromatic heterocycles. The molecule has 1 aliphatic heterocycles. The average Bonchev–Trinajstić information content (AvgIpc) is 2.80. The number of carboxylic acid groups (broad SMARTS) is 1. The first kappa shape index (κ1) is 12.3. The van der Waals surface area contributed by atoms with Crippen LogP contribution in [-0.2, 0) is 0 Å². The van der Waals surface area contributed by atoms with E-state index in [9.17, 15) is 4.79 Å². The van der Waals surface area contributed by atoms with Crippen molar-refractivity contribution in [1.29, 1.82) is 0 Å². The van der Waals surface area contributed by atoms with Crippen molar-refractivity contribution < 1.29 is 14.3 Å². The molecule has 1 saturated heterocycles. The topological polar surface area (TPSA) is 75.4 Å². The van der Waals surface area contributed by atoms with Gasteiger partial charge in [-0.25, -0.2) is 4.79 Å². The second-order valence-corrected chi connectivity index (χ2v) is 5.71. The number of carboxylic acids is 1. The van der Waals surface area contributed by atoms with Crippen LogP contribution in [0.2, 0.25) is 0 Å². The number of hydrogen-bond donors (Lipinski definition) is 2. The number of nitrogens with one attached hydrogen (secondary N) is 1. The summed E-state index contributed by atoms with van der Waals surface area (Å²) in [5, 5.41) is 12.2. The van der Waals surface area contributed by atoms with Crippen LogP contribution >= 0.6 is 11.8 Å². The highest BCUT2D eigenvalue weighted by atomic mass is 32.2. The molecule has 1 aliphatic rings. The molecule has 2 aromatic rings. The number of aromatic nitrogens is 1. The fourth-order valence-corrected chi connectivity index (χ4v) is 3.22. The largest absolute Gasteiger partial charge is 0.478 e. The number of fused-ring (bicyclic) bond motifs is 1. The fourth-order valence-electron chi connectivity index (χ4n) is 2.15. The van der Waals surface area contributed by atoms with Gasteiger partial charge in [-0.05, 0) is 36.8 Å². The Balaban J connectivity index is 1.82. The molecule has 6 heteroatoms. The number of oxazole rings is 1. The quantitative estimate of drug-likeness (QED) is 0.899. The van der Waals surface area contributed by atoms with Gasteiger partial charge in [-0.3, -0.25) is 0 Å². The van der Waals surface area contributed by atoms with E-state index in [1.54, 1.807) is 6.07 Å². The molecule has 0 amide bonds. The summed E-state index contributed by atoms with van der Waals surface area (Å²) in [5.41, 5.74) is 1.39. The zero-order valence-electron chi connectivity index (χ0n) is 10.3. The monoisotopic (exact) mass is 278 g/mol. The van der Waals surface area contributed by atoms with E-state index in [0.29, 0.717) is 23.2 Å². The van der Waals surface area contributed by atoms with Gasteiger partial charge in [0.05, 0.1) is 5.56 Å². The van der Waals surface area contributed by atoms with E-state index in [1.807, 2.05) is 11.8 Å². The predicted octanol–water partition coefficient (Wildman–Crippen LogP) is 2.83. The van der Waals surface area contributed by atoms with E-state index >= 15 is 0 Å². The molecule has 0 bridgehead atoms. The molecule has 0 radical (unpaired) electrons. The summed E-state index contributed by atoms with van der Waals surface area (Å²) in [4.78, 5) is 15.2. The Labute approximate surface area is 114 Å². The highest BCUT2D eigenvalue weighted by Crippen LogP contribution is 2.24. The summed E-state index contributed by atoms with van der Waals surface area (Å²) in [6, 6.07) is 5.57. The number of nitrogens with zero attached hydrogens (tertiary/aromatic N) is 1. The molecule has 0 saturated carbocycles. The molecule has 1 unspecified atom stereocenters. The standard InChI is InChI=1S/C13H14N2O3S/c16-12(17)8-3-4-10-11(6-8)18-13(15-10)14-9-2-1-5-19-7-9/h3-4,6,9H,1-2,5,7H2,(H,14,15)(H,16,17). The maximum absolute atomic E-state index is 10.9. The Morgan fingerprint density at radius 3 is 3.16 bits per heavy atom. The number of rotatable bonds is 3. The molecule has 100 valence electrons. The first-order chi connectivity index (χ1) is 9.22. The van der Waals surface area contributed by atoms with Crippen molar-refractivity contribution in [3.8, 4) is 0 Å². The van der Waals surface area contributed by atoms with Crippen LogP contribution in [0.5, 0.6) is 0 Å². The van der Waals surface area contributed by atoms with Gasteiger partial charge in [-0.1, -0.05) is 0 Å². The molecule has 19 heavy (non-hydrogen) atoms. The van der Waals surface area contributed by atoms with Crippen molar-refractivity contribution in [2.75, 3.05) is 16.8 Å². The number of anilines is 1. The van der Waals surface area contributed by atoms with E-state index in [4.69, 9.17) is 9.52 Å². The Morgan fingerprint density at radius 1 is 1.53 bits per heavy atom. The summed E-state index contributed by atoms with van der Waals surface area (Å²) >= 11 is 1.93. The molecule has 1 fully saturated rings. The van der Waals surface area contributed by atoms with E-state index in [1.165, 1.54) is 24.3 Å². The third-order valence-corrected chi connectivity index (χ3v) is 4.34. The third-order valence-electron chi connectivity index (χ3n) is 3.12. The van der Waals surface area contributed by atoms with Gasteiger partial charge in [-0.2, -0.15) is 16.7 Å². The number of carbonyl (C=O) groups is 1. The molecule has 5 nitrogen and oxygen atoms in total. The number of benzene rings is 1. The van der Waals surface area contributed by atoms with Crippen LogP contribution in [0.3, 0.4) is 0 Å². The van der Waals surface area contributed by atoms with Gasteiger partial charge in [0.1, 0.15) is 5.52 Å². The van der Waals surface area contributed by atoms with Crippen LogP contribution in [-0.4, -0.2) is 33.6 Å². The van der Waals surface area contributed by atoms with E-state index in [0.717, 1.165) is 12.2 Å². The molecule has 0 aliphatic carbocycles. The van der Waals surface area contributed by atoms with Gasteiger partial charge in [0.2, 0.25) is 0 Å². The lowest BCUT2D eigenvalue weighted by Gasteiger charge is -2.21. The smallest absolute Gasteiger partial charge is 0.335 e. The molecule has 1 atom stereocenters. The number of thioether (sulfide) groups is 1. The van der Waals surface area contributed by atoms with E-state index < -0.39 is 5.97 Å². The molecule has 0 spiro atoms. The van der Waals surface area contributed by atoms with Crippen LogP contribution in [0.4, 0.5) is 6.01 Å². The van der Waals surface area contributed by atoms with Gasteiger partial charge < -0.3 is 14.8 Å². The lowest BCUT2D eigenvalue weighted by Crippen LogP contribution is -2.25. The number of hydrogen-bond acceptors (Lipinski definition) is 5. The highest BCUT2D eigenvalue weighted by molar-refractivity contribution is 7.99. The molecule has 3 rings (SSSR count). The van der Waals surface area contributed by atoms with Gasteiger partial charge in [0.25, 0.3) is 6.01 Å². The highest BCUT2D eigenvalue weighted by Gasteiger charge is 2.16. The zero-order chi connectivity index (χ0) is 13.2. The first-order valence-electron chi connectivity index (χ1n) is 6.20. The zero-order valence-corrected chi connectivity index (χ0v) is 11.1. The summed E-state index contributed by atoms with van der Waals surface area (Å²) in [6.45, 7) is 0. The van der Waals surface area contributed by atoms with Crippen molar-refractivity contribution in [3.05, 3.63) is 23.8 Å². The maximum atomic E-state index is 10.9. The maximum Gasteiger partial charge on any atom is 0.335 e. The third kappa shape index (κ3) is 2.68. The Morgan fingerprint density at radius 2 is 2.42 bits per heavy atom. The predicted molar refractivity (Wildman–Crippen MR) is 74.9 cm³/mol. The second kappa shape index (κ2) is 5.13. The van der Waals surface area contributed by atoms with Crippen molar-refractivity contribution in [1.82, 2.24) is 4.98 Å². The van der Waals surface area contributed by atoms with Gasteiger partial charge in [0, 0.05) is 11.8 Å². The van der Waals surface area contributed by atoms with Gasteiger partial charge in [0.15, 0.2) is 5.58 Å². The Hall–Kier alpha value is -1.69. The van der Waals surface area contributed by atoms with Gasteiger partial charge in [-0.15, -0.1) is 0 Å². The van der Waals surface area contributed by atoms with Crippen LogP contribution in [0.1, 0.15) is 23.2 Å². The van der Waals surface area contributed by atoms with Crippen LogP contribution in [0.25, 0.3) is 11.1 Å². The summed E-state index contributed by atoms with van der Waals surface area (Å²) in [6.07, 6.45) is 2.32. The van der Waals surface area contributed by atoms with E-state index in [-0.39, 0.29) is 5.56 Å². The lowest BCUT2D eigenvalue weighted by atomic mass is 10.2. The average molecular weight is 278 g/mol. The second-order valence-electron chi connectivity index (χ2n) is 4.57. The minimum Gasteiger partial charge on any atom is -0.478 e. The Bertz CT molecular complexity index is 605. The minimum absolute atomic E-state index is 0.212. The lowest BCUT2D eigenvalue weighted by molar-refractivity contribution is 0.0697. The minimum atomic E-state index is -0.962. The van der Waals surface area contributed by atoms with Gasteiger partial charge >= 0.3 is 5.97 Å². The summed E-state index contributed by atoms with van der Waals surface area (Å²) in [5.74, 6) is 1.31. The fraction of sp³-hybridized carbons (Fsp3) is 0.385. The van der Waals surface area contributed by atoms with Crippen molar-refractivity contribution in [2.24, 2.45) is 0 Å². The molecular weight excluding hydrogens is 264 g/mol. The summed E-state index contributed by atoms with van der Waals surface area (Å²) < 4.78 is 5.57. The molecule has 1 aromatic carbocycles. The normalized spacial score (nSPS) is 19.5. The molecule has 2 N–H and O–H groups in total. The first-order valence-corrected chi connectivity index (χ1v) is 7.36. The van der Waals surface area contributed by atoms with Crippen LogP contribution in [0.15, 0.2) is 22.6 Å². The van der Waals surface area contributed by atoms with Crippen molar-refractivity contribution in [3.63, 3.8) is 0 Å². The van der Waals surface area contributed by atoms with Crippen molar-refractivity contribution in [2.45, 2.75) is 18.9 Å². The van der Waals surface area contributed by atoms with Crippen LogP contribution < -0.4 is 5.32 Å². The summed E-state index contributed by atoms with van der Waals surface area (Å²) in [7, 11) is 0.